The quantitative estimate of drug-likeness (QED) is 0.479. The number of nitro groups is 1. The van der Waals surface area contributed by atoms with E-state index in [1.54, 1.807) is 36.1 Å². The Hall–Kier alpha value is -2.82. The van der Waals surface area contributed by atoms with Crippen LogP contribution in [0.1, 0.15) is 36.2 Å². The molecule has 1 N–H and O–H groups in total. The number of amides is 1. The third-order valence-corrected chi connectivity index (χ3v) is 7.17. The number of hydrogen-bond donors (Lipinski definition) is 1. The fourth-order valence-corrected chi connectivity index (χ4v) is 4.84. The Kier molecular flexibility index (Phi) is 7.60. The van der Waals surface area contributed by atoms with Crippen molar-refractivity contribution >= 4 is 21.6 Å². The van der Waals surface area contributed by atoms with Crippen LogP contribution in [-0.2, 0) is 16.6 Å². The molecule has 172 valence electrons. The highest BCUT2D eigenvalue weighted by molar-refractivity contribution is 7.89. The van der Waals surface area contributed by atoms with Crippen LogP contribution in [0.4, 0.5) is 5.69 Å². The van der Waals surface area contributed by atoms with Crippen molar-refractivity contribution in [1.29, 1.82) is 0 Å². The Morgan fingerprint density at radius 3 is 2.38 bits per heavy atom. The van der Waals surface area contributed by atoms with Crippen LogP contribution in [0, 0.1) is 10.1 Å². The van der Waals surface area contributed by atoms with Gasteiger partial charge >= 0.3 is 0 Å². The molecule has 0 aromatic heterocycles. The summed E-state index contributed by atoms with van der Waals surface area (Å²) < 4.78 is 27.4. The summed E-state index contributed by atoms with van der Waals surface area (Å²) in [5.74, 6) is -0.140. The van der Waals surface area contributed by atoms with Crippen molar-refractivity contribution in [3.63, 3.8) is 0 Å². The zero-order valence-corrected chi connectivity index (χ0v) is 19.0. The number of carbonyl (C=O) groups is 1. The molecule has 1 aliphatic heterocycles. The molecular weight excluding hydrogens is 432 g/mol. The van der Waals surface area contributed by atoms with E-state index in [2.05, 4.69) is 9.62 Å². The minimum Gasteiger partial charge on any atom is -0.336 e. The van der Waals surface area contributed by atoms with Crippen molar-refractivity contribution in [3.8, 4) is 0 Å². The highest BCUT2D eigenvalue weighted by Gasteiger charge is 2.23. The molecule has 2 aromatic carbocycles. The molecule has 9 nitrogen and oxygen atoms in total. The van der Waals surface area contributed by atoms with Gasteiger partial charge in [0.1, 0.15) is 0 Å². The van der Waals surface area contributed by atoms with Crippen LogP contribution in [0.15, 0.2) is 53.4 Å². The van der Waals surface area contributed by atoms with E-state index in [4.69, 9.17) is 0 Å². The molecule has 32 heavy (non-hydrogen) atoms. The van der Waals surface area contributed by atoms with Crippen LogP contribution in [0.5, 0.6) is 0 Å². The van der Waals surface area contributed by atoms with Crippen molar-refractivity contribution in [2.45, 2.75) is 37.8 Å². The first-order chi connectivity index (χ1) is 15.2. The molecule has 1 amide bonds. The summed E-state index contributed by atoms with van der Waals surface area (Å²) in [7, 11) is -3.61. The number of nitro benzene ring substituents is 1. The van der Waals surface area contributed by atoms with Gasteiger partial charge in [-0.2, -0.15) is 0 Å². The van der Waals surface area contributed by atoms with E-state index >= 15 is 0 Å². The number of piperazine rings is 1. The van der Waals surface area contributed by atoms with Gasteiger partial charge < -0.3 is 4.90 Å². The maximum atomic E-state index is 12.8. The molecule has 1 atom stereocenters. The molecule has 0 saturated carbocycles. The molecule has 3 rings (SSSR count). The smallest absolute Gasteiger partial charge is 0.269 e. The normalized spacial score (nSPS) is 16.0. The van der Waals surface area contributed by atoms with Crippen LogP contribution < -0.4 is 4.72 Å². The number of hydrogen-bond acceptors (Lipinski definition) is 6. The number of benzene rings is 2. The second-order valence-electron chi connectivity index (χ2n) is 7.95. The molecular formula is C22H28N4O5S. The first kappa shape index (κ1) is 23.8. The topological polar surface area (TPSA) is 113 Å². The summed E-state index contributed by atoms with van der Waals surface area (Å²) >= 11 is 0. The highest BCUT2D eigenvalue weighted by atomic mass is 32.2. The van der Waals surface area contributed by atoms with E-state index in [1.807, 2.05) is 13.0 Å². The lowest BCUT2D eigenvalue weighted by Gasteiger charge is -2.34. The summed E-state index contributed by atoms with van der Waals surface area (Å²) in [6.45, 7) is 6.65. The molecule has 10 heteroatoms. The van der Waals surface area contributed by atoms with Gasteiger partial charge in [-0.25, -0.2) is 13.1 Å². The Bertz CT molecular complexity index is 1060. The fourth-order valence-electron chi connectivity index (χ4n) is 3.51. The van der Waals surface area contributed by atoms with Gasteiger partial charge in [-0.05, 0) is 43.2 Å². The summed E-state index contributed by atoms with van der Waals surface area (Å²) in [4.78, 5) is 27.4. The third kappa shape index (κ3) is 5.90. The maximum absolute atomic E-state index is 12.8. The van der Waals surface area contributed by atoms with Gasteiger partial charge in [0.2, 0.25) is 10.0 Å². The molecule has 1 unspecified atom stereocenters. The highest BCUT2D eigenvalue weighted by Crippen LogP contribution is 2.17. The van der Waals surface area contributed by atoms with Crippen molar-refractivity contribution in [2.24, 2.45) is 0 Å². The molecule has 2 aromatic rings. The summed E-state index contributed by atoms with van der Waals surface area (Å²) in [6, 6.07) is 12.4. The Morgan fingerprint density at radius 2 is 1.78 bits per heavy atom. The first-order valence-electron chi connectivity index (χ1n) is 10.6. The van der Waals surface area contributed by atoms with Crippen molar-refractivity contribution < 1.29 is 18.1 Å². The second-order valence-corrected chi connectivity index (χ2v) is 9.66. The van der Waals surface area contributed by atoms with Gasteiger partial charge in [-0.15, -0.1) is 0 Å². The van der Waals surface area contributed by atoms with Gasteiger partial charge in [0.15, 0.2) is 0 Å². The third-order valence-electron chi connectivity index (χ3n) is 5.57. The largest absolute Gasteiger partial charge is 0.336 e. The summed E-state index contributed by atoms with van der Waals surface area (Å²) in [6.07, 6.45) is 0.683. The molecule has 1 fully saturated rings. The van der Waals surface area contributed by atoms with E-state index in [9.17, 15) is 23.3 Å². The zero-order chi connectivity index (χ0) is 23.3. The van der Waals surface area contributed by atoms with Crippen LogP contribution in [-0.4, -0.2) is 61.3 Å². The van der Waals surface area contributed by atoms with Crippen LogP contribution >= 0.6 is 0 Å². The van der Waals surface area contributed by atoms with E-state index < -0.39 is 14.9 Å². The average molecular weight is 461 g/mol. The Labute approximate surface area is 188 Å². The van der Waals surface area contributed by atoms with Gasteiger partial charge in [0, 0.05) is 56.5 Å². The molecule has 1 saturated heterocycles. The van der Waals surface area contributed by atoms with Gasteiger partial charge in [-0.1, -0.05) is 19.1 Å². The fraction of sp³-hybridized carbons (Fsp3) is 0.409. The molecule has 1 aliphatic rings. The SMILES string of the molecule is CCC(C)NS(=O)(=O)c1ccc(C(=O)N2CCN(Cc3cccc([N+](=O)[O-])c3)CC2)cc1. The lowest BCUT2D eigenvalue weighted by molar-refractivity contribution is -0.384. The van der Waals surface area contributed by atoms with Crippen LogP contribution in [0.2, 0.25) is 0 Å². The Balaban J connectivity index is 1.57. The van der Waals surface area contributed by atoms with E-state index in [-0.39, 0.29) is 22.5 Å². The summed E-state index contributed by atoms with van der Waals surface area (Å²) in [5.41, 5.74) is 1.38. The first-order valence-corrected chi connectivity index (χ1v) is 12.1. The molecule has 1 heterocycles. The molecule has 0 aliphatic carbocycles. The standard InChI is InChI=1S/C22H28N4O5S/c1-3-17(2)23-32(30,31)21-9-7-19(8-10-21)22(27)25-13-11-24(12-14-25)16-18-5-4-6-20(15-18)26(28)29/h4-10,15,17,23H,3,11-14,16H2,1-2H3. The maximum Gasteiger partial charge on any atom is 0.269 e. The predicted molar refractivity (Wildman–Crippen MR) is 121 cm³/mol. The summed E-state index contributed by atoms with van der Waals surface area (Å²) in [5, 5.41) is 10.9. The van der Waals surface area contributed by atoms with E-state index in [0.717, 1.165) is 5.56 Å². The minimum absolute atomic E-state index is 0.0705. The number of sulfonamides is 1. The van der Waals surface area contributed by atoms with Crippen LogP contribution in [0.3, 0.4) is 0 Å². The van der Waals surface area contributed by atoms with Gasteiger partial charge in [0.05, 0.1) is 9.82 Å². The number of carbonyl (C=O) groups excluding carboxylic acids is 1. The van der Waals surface area contributed by atoms with Gasteiger partial charge in [0.25, 0.3) is 11.6 Å². The van der Waals surface area contributed by atoms with Gasteiger partial charge in [-0.3, -0.25) is 19.8 Å². The second kappa shape index (κ2) is 10.2. The number of nitrogens with zero attached hydrogens (tertiary/aromatic N) is 3. The number of non-ortho nitro benzene ring substituents is 1. The predicted octanol–water partition coefficient (Wildman–Crippen LogP) is 2.63. The number of rotatable bonds is 8. The van der Waals surface area contributed by atoms with Crippen molar-refractivity contribution in [1.82, 2.24) is 14.5 Å². The van der Waals surface area contributed by atoms with E-state index in [0.29, 0.717) is 44.7 Å². The molecule has 0 radical (unpaired) electrons. The van der Waals surface area contributed by atoms with Crippen molar-refractivity contribution in [2.75, 3.05) is 26.2 Å². The minimum atomic E-state index is -3.61. The number of nitrogens with one attached hydrogen (secondary N) is 1. The zero-order valence-electron chi connectivity index (χ0n) is 18.2. The Morgan fingerprint density at radius 1 is 1.12 bits per heavy atom. The lowest BCUT2D eigenvalue weighted by Crippen LogP contribution is -2.48. The van der Waals surface area contributed by atoms with E-state index in [1.165, 1.54) is 18.2 Å². The van der Waals surface area contributed by atoms with Crippen molar-refractivity contribution in [3.05, 3.63) is 69.8 Å². The monoisotopic (exact) mass is 460 g/mol. The average Bonchev–Trinajstić information content (AvgIpc) is 2.79. The molecule has 0 spiro atoms. The lowest BCUT2D eigenvalue weighted by atomic mass is 10.1. The molecule has 0 bridgehead atoms. The van der Waals surface area contributed by atoms with Crippen LogP contribution in [0.25, 0.3) is 0 Å².